The molecule has 131 valence electrons. The first-order valence-corrected chi connectivity index (χ1v) is 14.8. The van der Waals surface area contributed by atoms with Gasteiger partial charge >= 0.3 is 132 Å². The van der Waals surface area contributed by atoms with Crippen molar-refractivity contribution in [3.8, 4) is 0 Å². The Morgan fingerprint density at radius 3 is 1.23 bits per heavy atom. The molecule has 0 aliphatic heterocycles. The summed E-state index contributed by atoms with van der Waals surface area (Å²) in [5.41, 5.74) is 0. The molecule has 0 spiro atoms. The van der Waals surface area contributed by atoms with Crippen LogP contribution in [0.4, 0.5) is 0 Å². The van der Waals surface area contributed by atoms with E-state index in [1.807, 2.05) is 0 Å². The maximum atomic E-state index is 8.55. The molecule has 0 radical (unpaired) electrons. The van der Waals surface area contributed by atoms with Crippen molar-refractivity contribution in [1.29, 1.82) is 0 Å². The van der Waals surface area contributed by atoms with Crippen LogP contribution in [0.25, 0.3) is 0 Å². The monoisotopic (exact) mass is 463 g/mol. The van der Waals surface area contributed by atoms with Gasteiger partial charge in [0, 0.05) is 0 Å². The number of unbranched alkanes of at least 4 members (excludes halogenated alkanes) is 10. The Morgan fingerprint density at radius 2 is 0.909 bits per heavy atom. The molecule has 0 saturated carbocycles. The van der Waals surface area contributed by atoms with Gasteiger partial charge in [0.2, 0.25) is 0 Å². The molecule has 0 bridgehead atoms. The van der Waals surface area contributed by atoms with E-state index in [1.165, 1.54) is 64.2 Å². The zero-order chi connectivity index (χ0) is 17.1. The third-order valence-corrected chi connectivity index (χ3v) is 7.95. The van der Waals surface area contributed by atoms with Crippen LogP contribution in [0.3, 0.4) is 0 Å². The van der Waals surface area contributed by atoms with E-state index in [2.05, 4.69) is 13.8 Å². The van der Waals surface area contributed by atoms with Crippen LogP contribution < -0.4 is 14.7 Å². The van der Waals surface area contributed by atoms with Crippen LogP contribution >= 0.6 is 7.82 Å². The Hall–Kier alpha value is 1.46. The van der Waals surface area contributed by atoms with E-state index >= 15 is 0 Å². The molecule has 0 fully saturated rings. The third kappa shape index (κ3) is 37.6. The van der Waals surface area contributed by atoms with E-state index in [4.69, 9.17) is 19.2 Å². The molecule has 0 aliphatic rings. The molecule has 0 aliphatic carbocycles. The van der Waals surface area contributed by atoms with Crippen molar-refractivity contribution >= 4 is 7.82 Å². The number of hydrogen-bond donors (Lipinski definition) is 0. The molecular formula is C16H34NdO4P. The van der Waals surface area contributed by atoms with E-state index in [-0.39, 0.29) is 36.7 Å². The molecule has 22 heavy (non-hydrogen) atoms. The summed E-state index contributed by atoms with van der Waals surface area (Å²) in [6, 6.07) is 0. The fourth-order valence-electron chi connectivity index (χ4n) is 2.19. The molecule has 6 heteroatoms. The average molecular weight is 466 g/mol. The van der Waals surface area contributed by atoms with Gasteiger partial charge in [0.15, 0.2) is 0 Å². The summed E-state index contributed by atoms with van der Waals surface area (Å²) in [7, 11) is -5.39. The zero-order valence-corrected chi connectivity index (χ0v) is 18.6. The van der Waals surface area contributed by atoms with Crippen LogP contribution in [-0.4, -0.2) is 0 Å². The minimum Gasteiger partial charge on any atom is -0.822 e. The number of rotatable bonds is 14. The largest absolute Gasteiger partial charge is 0.822 e. The standard InChI is InChI=1S/2C8H17.Nd.H3O4P/c2*1-3-5-7-8-6-4-2;;1-5(2,3)4/h2*1,3-8H2,2H3;;(H3,1,2,3,4)/q;;+3;/p-3. The summed E-state index contributed by atoms with van der Waals surface area (Å²) in [5.74, 6) is 0. The third-order valence-electron chi connectivity index (χ3n) is 3.41. The van der Waals surface area contributed by atoms with Crippen molar-refractivity contribution in [2.75, 3.05) is 0 Å². The zero-order valence-electron chi connectivity index (χ0n) is 14.5. The summed E-state index contributed by atoms with van der Waals surface area (Å²) in [6.07, 6.45) is 17.9. The van der Waals surface area contributed by atoms with Gasteiger partial charge in [0.1, 0.15) is 0 Å². The first-order chi connectivity index (χ1) is 10.4. The Kier molecular flexibility index (Phi) is 24.0. The van der Waals surface area contributed by atoms with Crippen molar-refractivity contribution in [1.82, 2.24) is 0 Å². The number of hydrogen-bond acceptors (Lipinski definition) is 4. The topological polar surface area (TPSA) is 86.2 Å². The molecule has 0 atom stereocenters. The smallest absolute Gasteiger partial charge is 0.159 e. The van der Waals surface area contributed by atoms with Crippen molar-refractivity contribution in [2.24, 2.45) is 0 Å². The number of phosphoric acid groups is 1. The summed E-state index contributed by atoms with van der Waals surface area (Å²) < 4.78 is 11.9. The molecule has 0 aromatic carbocycles. The van der Waals surface area contributed by atoms with Gasteiger partial charge in [-0.3, -0.25) is 0 Å². The second-order valence-electron chi connectivity index (χ2n) is 5.73. The van der Waals surface area contributed by atoms with Crippen molar-refractivity contribution in [3.05, 3.63) is 0 Å². The first-order valence-electron chi connectivity index (χ1n) is 8.85. The normalized spacial score (nSPS) is 10.8. The Morgan fingerprint density at radius 1 is 0.636 bits per heavy atom. The molecule has 0 saturated heterocycles. The maximum absolute atomic E-state index is 8.55. The summed E-state index contributed by atoms with van der Waals surface area (Å²) >= 11 is -0.130. The molecule has 0 N–H and O–H groups in total. The van der Waals surface area contributed by atoms with Crippen LogP contribution in [-0.2, 0) is 4.57 Å². The van der Waals surface area contributed by atoms with E-state index in [9.17, 15) is 0 Å². The SMILES string of the molecule is CCCCCCC[CH2][Nd+3][CH2]CCCCCCC.O=P([O-])([O-])[O-]. The minimum absolute atomic E-state index is 0.130. The van der Waals surface area contributed by atoms with Crippen molar-refractivity contribution < 1.29 is 56.0 Å². The maximum Gasteiger partial charge on any atom is -0.159 e. The van der Waals surface area contributed by atoms with Gasteiger partial charge in [-0.05, 0) is 0 Å². The van der Waals surface area contributed by atoms with Crippen molar-refractivity contribution in [2.45, 2.75) is 95.0 Å². The molecule has 0 aromatic heterocycles. The summed E-state index contributed by atoms with van der Waals surface area (Å²) in [5, 5.41) is 0. The van der Waals surface area contributed by atoms with Gasteiger partial charge < -0.3 is 19.2 Å². The van der Waals surface area contributed by atoms with Crippen LogP contribution in [0, 0.1) is 36.7 Å². The van der Waals surface area contributed by atoms with E-state index < -0.39 is 7.82 Å². The van der Waals surface area contributed by atoms with Crippen LogP contribution in [0.2, 0.25) is 4.14 Å². The fourth-order valence-corrected chi connectivity index (χ4v) is 6.20. The van der Waals surface area contributed by atoms with Crippen LogP contribution in [0.5, 0.6) is 0 Å². The fraction of sp³-hybridized carbons (Fsp3) is 1.00. The predicted octanol–water partition coefficient (Wildman–Crippen LogP) is 3.80. The Labute approximate surface area is 157 Å². The second kappa shape index (κ2) is 20.5. The van der Waals surface area contributed by atoms with Gasteiger partial charge in [-0.15, -0.1) is 0 Å². The van der Waals surface area contributed by atoms with Crippen LogP contribution in [0.1, 0.15) is 90.9 Å². The Balaban J connectivity index is 0. The molecule has 0 unspecified atom stereocenters. The predicted molar refractivity (Wildman–Crippen MR) is 84.0 cm³/mol. The minimum atomic E-state index is -5.39. The van der Waals surface area contributed by atoms with E-state index in [0.717, 1.165) is 0 Å². The molecule has 0 heterocycles. The molecule has 0 aromatic rings. The van der Waals surface area contributed by atoms with E-state index in [1.54, 1.807) is 17.0 Å². The quantitative estimate of drug-likeness (QED) is 0.288. The molecule has 0 amide bonds. The second-order valence-corrected chi connectivity index (χ2v) is 11.4. The summed E-state index contributed by atoms with van der Waals surface area (Å²) in [4.78, 5) is 25.6. The van der Waals surface area contributed by atoms with Gasteiger partial charge in [0.25, 0.3) is 0 Å². The van der Waals surface area contributed by atoms with Crippen molar-refractivity contribution in [3.63, 3.8) is 0 Å². The summed E-state index contributed by atoms with van der Waals surface area (Å²) in [6.45, 7) is 4.60. The van der Waals surface area contributed by atoms with Gasteiger partial charge in [-0.25, -0.2) is 0 Å². The average Bonchev–Trinajstić information content (AvgIpc) is 2.42. The molecular weight excluding hydrogens is 431 g/mol. The van der Waals surface area contributed by atoms with Gasteiger partial charge in [-0.1, -0.05) is 0 Å². The van der Waals surface area contributed by atoms with Gasteiger partial charge in [0.05, 0.1) is 0 Å². The molecule has 0 rings (SSSR count). The van der Waals surface area contributed by atoms with Crippen LogP contribution in [0.15, 0.2) is 0 Å². The molecule has 4 nitrogen and oxygen atoms in total. The first kappa shape index (κ1) is 25.7. The Bertz CT molecular complexity index is 224. The van der Waals surface area contributed by atoms with E-state index in [0.29, 0.717) is 0 Å². The van der Waals surface area contributed by atoms with Gasteiger partial charge in [-0.2, -0.15) is 7.82 Å².